The van der Waals surface area contributed by atoms with E-state index in [-0.39, 0.29) is 35.2 Å². The molecule has 0 unspecified atom stereocenters. The van der Waals surface area contributed by atoms with Crippen molar-refractivity contribution in [1.82, 2.24) is 10.6 Å². The maximum atomic E-state index is 13.9. The van der Waals surface area contributed by atoms with Crippen LogP contribution >= 0.6 is 24.0 Å². The van der Waals surface area contributed by atoms with Crippen molar-refractivity contribution in [3.63, 3.8) is 0 Å². The van der Waals surface area contributed by atoms with E-state index in [9.17, 15) is 4.39 Å². The van der Waals surface area contributed by atoms with E-state index in [1.54, 1.807) is 19.2 Å². The Hall–Kier alpha value is -0.850. The molecule has 2 rings (SSSR count). The van der Waals surface area contributed by atoms with Crippen molar-refractivity contribution >= 4 is 29.9 Å². The number of hydrogen-bond donors (Lipinski definition) is 2. The van der Waals surface area contributed by atoms with Crippen LogP contribution in [0.5, 0.6) is 0 Å². The number of unbranched alkanes of at least 4 members (excludes halogenated alkanes) is 1. The number of aliphatic imine (C=N–C) groups is 1. The molecule has 1 aliphatic carbocycles. The van der Waals surface area contributed by atoms with Gasteiger partial charge in [-0.1, -0.05) is 31.5 Å². The van der Waals surface area contributed by atoms with Gasteiger partial charge in [-0.05, 0) is 30.9 Å². The molecule has 0 bridgehead atoms. The molecular formula is C16H25FIN3. The van der Waals surface area contributed by atoms with Crippen LogP contribution in [-0.4, -0.2) is 26.1 Å². The molecule has 118 valence electrons. The Morgan fingerprint density at radius 2 is 2.00 bits per heavy atom. The molecular weight excluding hydrogens is 380 g/mol. The van der Waals surface area contributed by atoms with E-state index in [2.05, 4.69) is 22.5 Å². The van der Waals surface area contributed by atoms with E-state index in [0.29, 0.717) is 0 Å². The lowest BCUT2D eigenvalue weighted by Gasteiger charge is -2.19. The largest absolute Gasteiger partial charge is 0.356 e. The van der Waals surface area contributed by atoms with Crippen LogP contribution in [0.4, 0.5) is 4.39 Å². The van der Waals surface area contributed by atoms with Crippen LogP contribution in [0.2, 0.25) is 0 Å². The van der Waals surface area contributed by atoms with Gasteiger partial charge in [-0.3, -0.25) is 4.99 Å². The molecule has 0 aromatic heterocycles. The second-order valence-electron chi connectivity index (χ2n) is 5.47. The maximum absolute atomic E-state index is 13.9. The summed E-state index contributed by atoms with van der Waals surface area (Å²) < 4.78 is 13.9. The highest BCUT2D eigenvalue weighted by molar-refractivity contribution is 14.0. The summed E-state index contributed by atoms with van der Waals surface area (Å²) in [4.78, 5) is 4.21. The van der Waals surface area contributed by atoms with Crippen LogP contribution in [0, 0.1) is 5.82 Å². The van der Waals surface area contributed by atoms with E-state index in [4.69, 9.17) is 0 Å². The summed E-state index contributed by atoms with van der Waals surface area (Å²) in [6.07, 6.45) is 4.35. The number of nitrogens with one attached hydrogen (secondary N) is 2. The Balaban J connectivity index is 0.00000220. The minimum atomic E-state index is -0.0965. The van der Waals surface area contributed by atoms with Gasteiger partial charge in [0.2, 0.25) is 0 Å². The van der Waals surface area contributed by atoms with Crippen molar-refractivity contribution in [2.75, 3.05) is 20.1 Å². The Labute approximate surface area is 143 Å². The van der Waals surface area contributed by atoms with Crippen LogP contribution in [0.25, 0.3) is 0 Å². The summed E-state index contributed by atoms with van der Waals surface area (Å²) in [5.41, 5.74) is 0.782. The van der Waals surface area contributed by atoms with Gasteiger partial charge in [-0.15, -0.1) is 24.0 Å². The Kier molecular flexibility index (Phi) is 7.42. The zero-order valence-electron chi connectivity index (χ0n) is 12.8. The molecule has 2 N–H and O–H groups in total. The third kappa shape index (κ3) is 4.83. The highest BCUT2D eigenvalue weighted by Crippen LogP contribution is 2.48. The van der Waals surface area contributed by atoms with Gasteiger partial charge >= 0.3 is 0 Å². The first kappa shape index (κ1) is 18.2. The fraction of sp³-hybridized carbons (Fsp3) is 0.562. The SMILES string of the molecule is CCCCNC(=NC)NCC1(c2ccccc2F)CC1.I. The average Bonchev–Trinajstić information content (AvgIpc) is 3.24. The fourth-order valence-electron chi connectivity index (χ4n) is 2.44. The van der Waals surface area contributed by atoms with E-state index >= 15 is 0 Å². The van der Waals surface area contributed by atoms with Gasteiger partial charge in [0, 0.05) is 25.6 Å². The molecule has 21 heavy (non-hydrogen) atoms. The lowest BCUT2D eigenvalue weighted by atomic mass is 9.95. The second-order valence-corrected chi connectivity index (χ2v) is 5.47. The zero-order chi connectivity index (χ0) is 14.4. The first-order valence-electron chi connectivity index (χ1n) is 7.41. The molecule has 1 saturated carbocycles. The summed E-state index contributed by atoms with van der Waals surface area (Å²) in [5, 5.41) is 6.61. The van der Waals surface area contributed by atoms with Crippen molar-refractivity contribution in [2.24, 2.45) is 4.99 Å². The Morgan fingerprint density at radius 3 is 2.57 bits per heavy atom. The van der Waals surface area contributed by atoms with Crippen molar-refractivity contribution in [3.05, 3.63) is 35.6 Å². The monoisotopic (exact) mass is 405 g/mol. The molecule has 0 radical (unpaired) electrons. The van der Waals surface area contributed by atoms with Crippen LogP contribution in [0.3, 0.4) is 0 Å². The molecule has 1 aromatic rings. The predicted octanol–water partition coefficient (Wildman–Crippen LogP) is 3.44. The summed E-state index contributed by atoms with van der Waals surface area (Å²) in [7, 11) is 1.77. The lowest BCUT2D eigenvalue weighted by Crippen LogP contribution is -2.41. The van der Waals surface area contributed by atoms with Crippen molar-refractivity contribution < 1.29 is 4.39 Å². The van der Waals surface area contributed by atoms with Crippen LogP contribution in [0.15, 0.2) is 29.3 Å². The van der Waals surface area contributed by atoms with Gasteiger partial charge in [-0.25, -0.2) is 4.39 Å². The van der Waals surface area contributed by atoms with Gasteiger partial charge in [0.15, 0.2) is 5.96 Å². The molecule has 1 fully saturated rings. The number of benzene rings is 1. The van der Waals surface area contributed by atoms with E-state index in [1.165, 1.54) is 0 Å². The molecule has 0 saturated heterocycles. The van der Waals surface area contributed by atoms with Gasteiger partial charge in [0.25, 0.3) is 0 Å². The highest BCUT2D eigenvalue weighted by atomic mass is 127. The van der Waals surface area contributed by atoms with Gasteiger partial charge in [-0.2, -0.15) is 0 Å². The standard InChI is InChI=1S/C16H24FN3.HI/c1-3-4-11-19-15(18-2)20-12-16(9-10-16)13-7-5-6-8-14(13)17;/h5-8H,3-4,9-12H2,1-2H3,(H2,18,19,20);1H. The minimum Gasteiger partial charge on any atom is -0.356 e. The molecule has 1 aliphatic rings. The predicted molar refractivity (Wildman–Crippen MR) is 97.0 cm³/mol. The first-order valence-corrected chi connectivity index (χ1v) is 7.41. The van der Waals surface area contributed by atoms with Crippen molar-refractivity contribution in [3.8, 4) is 0 Å². The van der Waals surface area contributed by atoms with E-state index in [1.807, 2.05) is 12.1 Å². The van der Waals surface area contributed by atoms with Gasteiger partial charge in [0.05, 0.1) is 0 Å². The number of rotatable bonds is 6. The normalized spacial score (nSPS) is 16.0. The van der Waals surface area contributed by atoms with Crippen LogP contribution in [-0.2, 0) is 5.41 Å². The lowest BCUT2D eigenvalue weighted by molar-refractivity contribution is 0.559. The molecule has 0 heterocycles. The number of halogens is 2. The smallest absolute Gasteiger partial charge is 0.191 e. The average molecular weight is 405 g/mol. The second kappa shape index (κ2) is 8.56. The molecule has 0 spiro atoms. The molecule has 3 nitrogen and oxygen atoms in total. The maximum Gasteiger partial charge on any atom is 0.191 e. The summed E-state index contributed by atoms with van der Waals surface area (Å²) in [5.74, 6) is 0.710. The number of nitrogens with zero attached hydrogens (tertiary/aromatic N) is 1. The van der Waals surface area contributed by atoms with Gasteiger partial charge in [0.1, 0.15) is 5.82 Å². The molecule has 0 atom stereocenters. The molecule has 0 aliphatic heterocycles. The van der Waals surface area contributed by atoms with Crippen molar-refractivity contribution in [1.29, 1.82) is 0 Å². The highest BCUT2D eigenvalue weighted by Gasteiger charge is 2.45. The topological polar surface area (TPSA) is 36.4 Å². The first-order chi connectivity index (χ1) is 9.72. The molecule has 0 amide bonds. The summed E-state index contributed by atoms with van der Waals surface area (Å²) >= 11 is 0. The Bertz CT molecular complexity index is 472. The van der Waals surface area contributed by atoms with E-state index < -0.39 is 0 Å². The van der Waals surface area contributed by atoms with Crippen molar-refractivity contribution in [2.45, 2.75) is 38.0 Å². The fourth-order valence-corrected chi connectivity index (χ4v) is 2.44. The van der Waals surface area contributed by atoms with E-state index in [0.717, 1.165) is 50.3 Å². The van der Waals surface area contributed by atoms with Crippen LogP contribution in [0.1, 0.15) is 38.2 Å². The summed E-state index contributed by atoms with van der Waals surface area (Å²) in [6.45, 7) is 3.82. The third-order valence-corrected chi connectivity index (χ3v) is 3.94. The number of hydrogen-bond acceptors (Lipinski definition) is 1. The minimum absolute atomic E-state index is 0. The number of guanidine groups is 1. The quantitative estimate of drug-likeness (QED) is 0.329. The van der Waals surface area contributed by atoms with Gasteiger partial charge < -0.3 is 10.6 Å². The Morgan fingerprint density at radius 1 is 1.29 bits per heavy atom. The summed E-state index contributed by atoms with van der Waals surface area (Å²) in [6, 6.07) is 7.10. The third-order valence-electron chi connectivity index (χ3n) is 3.94. The molecule has 1 aromatic carbocycles. The zero-order valence-corrected chi connectivity index (χ0v) is 15.1. The molecule has 5 heteroatoms. The van der Waals surface area contributed by atoms with Crippen LogP contribution < -0.4 is 10.6 Å².